The maximum Gasteiger partial charge on any atom is 0.573 e. The average Bonchev–Trinajstić information content (AvgIpc) is 2.26. The Morgan fingerprint density at radius 2 is 2.00 bits per heavy atom. The van der Waals surface area contributed by atoms with E-state index in [2.05, 4.69) is 16.3 Å². The Bertz CT molecular complexity index is 429. The zero-order chi connectivity index (χ0) is 13.6. The van der Waals surface area contributed by atoms with Crippen molar-refractivity contribution in [3.63, 3.8) is 0 Å². The third-order valence-corrected chi connectivity index (χ3v) is 2.32. The summed E-state index contributed by atoms with van der Waals surface area (Å²) in [6.45, 7) is 3.77. The fourth-order valence-corrected chi connectivity index (χ4v) is 1.40. The molecule has 98 valence electrons. The zero-order valence-electron chi connectivity index (χ0n) is 9.28. The number of amidine groups is 1. The summed E-state index contributed by atoms with van der Waals surface area (Å²) in [5.41, 5.74) is 6.25. The van der Waals surface area contributed by atoms with Gasteiger partial charge in [-0.2, -0.15) is 0 Å². The molecule has 7 heteroatoms. The fourth-order valence-electron chi connectivity index (χ4n) is 1.09. The largest absolute Gasteiger partial charge is 0.573 e. The molecular formula is C11H11F3N2OS. The lowest BCUT2D eigenvalue weighted by molar-refractivity contribution is -0.274. The molecular weight excluding hydrogens is 265 g/mol. The standard InChI is InChI=1S/C11H11F3N2OS/c1-2-18-10(15)16-7-8-3-5-9(6-4-8)17-11(12,13)14/h2-6H,1,7H2,(H2,15,16). The van der Waals surface area contributed by atoms with E-state index in [1.165, 1.54) is 36.0 Å². The van der Waals surface area contributed by atoms with Crippen molar-refractivity contribution < 1.29 is 17.9 Å². The van der Waals surface area contributed by atoms with E-state index in [9.17, 15) is 13.2 Å². The first-order chi connectivity index (χ1) is 8.40. The van der Waals surface area contributed by atoms with Crippen molar-refractivity contribution in [1.82, 2.24) is 0 Å². The Morgan fingerprint density at radius 1 is 1.39 bits per heavy atom. The Balaban J connectivity index is 2.60. The summed E-state index contributed by atoms with van der Waals surface area (Å²) < 4.78 is 39.5. The summed E-state index contributed by atoms with van der Waals surface area (Å²) >= 11 is 1.18. The lowest BCUT2D eigenvalue weighted by Gasteiger charge is -2.08. The molecule has 3 nitrogen and oxygen atoms in total. The number of nitrogens with zero attached hydrogens (tertiary/aromatic N) is 1. The van der Waals surface area contributed by atoms with Crippen LogP contribution in [0.1, 0.15) is 5.56 Å². The first-order valence-electron chi connectivity index (χ1n) is 4.83. The van der Waals surface area contributed by atoms with Crippen LogP contribution in [-0.4, -0.2) is 11.5 Å². The lowest BCUT2D eigenvalue weighted by Crippen LogP contribution is -2.17. The number of benzene rings is 1. The van der Waals surface area contributed by atoms with Gasteiger partial charge in [0.05, 0.1) is 6.54 Å². The number of halogens is 3. The van der Waals surface area contributed by atoms with E-state index in [-0.39, 0.29) is 5.75 Å². The van der Waals surface area contributed by atoms with Crippen LogP contribution in [0, 0.1) is 0 Å². The maximum atomic E-state index is 11.9. The highest BCUT2D eigenvalue weighted by Gasteiger charge is 2.30. The van der Waals surface area contributed by atoms with Crippen molar-refractivity contribution in [2.24, 2.45) is 10.7 Å². The van der Waals surface area contributed by atoms with E-state index < -0.39 is 6.36 Å². The van der Waals surface area contributed by atoms with Gasteiger partial charge in [-0.05, 0) is 23.1 Å². The first-order valence-corrected chi connectivity index (χ1v) is 5.71. The third-order valence-electron chi connectivity index (χ3n) is 1.78. The van der Waals surface area contributed by atoms with Crippen LogP contribution in [0.25, 0.3) is 0 Å². The number of alkyl halides is 3. The summed E-state index contributed by atoms with van der Waals surface area (Å²) in [6.07, 6.45) is -4.68. The van der Waals surface area contributed by atoms with Gasteiger partial charge in [-0.1, -0.05) is 30.5 Å². The Hall–Kier alpha value is -1.63. The van der Waals surface area contributed by atoms with Gasteiger partial charge in [-0.3, -0.25) is 4.99 Å². The molecule has 0 saturated carbocycles. The quantitative estimate of drug-likeness (QED) is 0.678. The highest BCUT2D eigenvalue weighted by molar-refractivity contribution is 8.16. The second-order valence-corrected chi connectivity index (χ2v) is 4.12. The first kappa shape index (κ1) is 14.4. The van der Waals surface area contributed by atoms with Gasteiger partial charge in [-0.25, -0.2) is 0 Å². The smallest absolute Gasteiger partial charge is 0.406 e. The Labute approximate surface area is 107 Å². The Morgan fingerprint density at radius 3 is 2.50 bits per heavy atom. The molecule has 0 amide bonds. The molecule has 0 bridgehead atoms. The topological polar surface area (TPSA) is 47.6 Å². The lowest BCUT2D eigenvalue weighted by atomic mass is 10.2. The highest BCUT2D eigenvalue weighted by atomic mass is 32.2. The number of thioether (sulfide) groups is 1. The summed E-state index contributed by atoms with van der Waals surface area (Å²) in [7, 11) is 0. The summed E-state index contributed by atoms with van der Waals surface area (Å²) in [4.78, 5) is 4.01. The van der Waals surface area contributed by atoms with Crippen LogP contribution in [0.5, 0.6) is 5.75 Å². The van der Waals surface area contributed by atoms with Gasteiger partial charge >= 0.3 is 6.36 Å². The number of hydrogen-bond donors (Lipinski definition) is 1. The van der Waals surface area contributed by atoms with Crippen molar-refractivity contribution in [3.8, 4) is 5.75 Å². The van der Waals surface area contributed by atoms with Crippen LogP contribution in [0.4, 0.5) is 13.2 Å². The molecule has 0 unspecified atom stereocenters. The highest BCUT2D eigenvalue weighted by Crippen LogP contribution is 2.22. The van der Waals surface area contributed by atoms with Gasteiger partial charge < -0.3 is 10.5 Å². The predicted octanol–water partition coefficient (Wildman–Crippen LogP) is 3.28. The number of hydrogen-bond acceptors (Lipinski definition) is 3. The van der Waals surface area contributed by atoms with Crippen LogP contribution in [-0.2, 0) is 6.54 Å². The molecule has 0 fully saturated rings. The maximum absolute atomic E-state index is 11.9. The summed E-state index contributed by atoms with van der Waals surface area (Å²) in [6, 6.07) is 5.46. The molecule has 18 heavy (non-hydrogen) atoms. The van der Waals surface area contributed by atoms with Crippen molar-refractivity contribution in [2.45, 2.75) is 12.9 Å². The molecule has 0 saturated heterocycles. The molecule has 1 rings (SSSR count). The molecule has 0 aliphatic rings. The molecule has 0 spiro atoms. The van der Waals surface area contributed by atoms with E-state index in [1.807, 2.05) is 0 Å². The van der Waals surface area contributed by atoms with Gasteiger partial charge in [0.15, 0.2) is 5.17 Å². The molecule has 2 N–H and O–H groups in total. The van der Waals surface area contributed by atoms with E-state index in [0.29, 0.717) is 11.7 Å². The molecule has 0 aromatic heterocycles. The number of rotatable bonds is 4. The van der Waals surface area contributed by atoms with Gasteiger partial charge in [0, 0.05) is 0 Å². The van der Waals surface area contributed by atoms with E-state index in [4.69, 9.17) is 5.73 Å². The van der Waals surface area contributed by atoms with E-state index >= 15 is 0 Å². The fraction of sp³-hybridized carbons (Fsp3) is 0.182. The number of aliphatic imine (C=N–C) groups is 1. The SMILES string of the molecule is C=CSC(N)=NCc1ccc(OC(F)(F)F)cc1. The van der Waals surface area contributed by atoms with E-state index in [0.717, 1.165) is 5.56 Å². The molecule has 0 heterocycles. The second kappa shape index (κ2) is 6.34. The minimum Gasteiger partial charge on any atom is -0.406 e. The molecule has 0 aliphatic heterocycles. The van der Waals surface area contributed by atoms with Crippen LogP contribution in [0.15, 0.2) is 41.2 Å². The number of nitrogens with two attached hydrogens (primary N) is 1. The minimum absolute atomic E-state index is 0.260. The van der Waals surface area contributed by atoms with Gasteiger partial charge in [0.1, 0.15) is 5.75 Å². The average molecular weight is 276 g/mol. The molecule has 1 aromatic rings. The molecule has 1 aromatic carbocycles. The van der Waals surface area contributed by atoms with Crippen LogP contribution < -0.4 is 10.5 Å². The molecule has 0 aliphatic carbocycles. The van der Waals surface area contributed by atoms with Crippen molar-refractivity contribution in [2.75, 3.05) is 0 Å². The predicted molar refractivity (Wildman–Crippen MR) is 66.2 cm³/mol. The number of ether oxygens (including phenoxy) is 1. The van der Waals surface area contributed by atoms with Gasteiger partial charge in [0.25, 0.3) is 0 Å². The van der Waals surface area contributed by atoms with Crippen LogP contribution in [0.3, 0.4) is 0 Å². The molecule has 0 radical (unpaired) electrons. The van der Waals surface area contributed by atoms with E-state index in [1.54, 1.807) is 5.41 Å². The van der Waals surface area contributed by atoms with Gasteiger partial charge in [0.2, 0.25) is 0 Å². The van der Waals surface area contributed by atoms with Crippen molar-refractivity contribution >= 4 is 16.9 Å². The van der Waals surface area contributed by atoms with Gasteiger partial charge in [-0.15, -0.1) is 13.2 Å². The van der Waals surface area contributed by atoms with Crippen LogP contribution in [0.2, 0.25) is 0 Å². The monoisotopic (exact) mass is 276 g/mol. The minimum atomic E-state index is -4.68. The summed E-state index contributed by atoms with van der Waals surface area (Å²) in [5.74, 6) is -0.260. The molecule has 0 atom stereocenters. The summed E-state index contributed by atoms with van der Waals surface area (Å²) in [5, 5.41) is 1.89. The normalized spacial score (nSPS) is 12.3. The van der Waals surface area contributed by atoms with Crippen molar-refractivity contribution in [3.05, 3.63) is 41.8 Å². The zero-order valence-corrected chi connectivity index (χ0v) is 10.1. The third kappa shape index (κ3) is 5.62. The van der Waals surface area contributed by atoms with Crippen LogP contribution >= 0.6 is 11.8 Å². The van der Waals surface area contributed by atoms with Crippen molar-refractivity contribution in [1.29, 1.82) is 0 Å². The second-order valence-electron chi connectivity index (χ2n) is 3.13. The Kier molecular flexibility index (Phi) is 5.08.